The highest BCUT2D eigenvalue weighted by Crippen LogP contribution is 2.28. The number of aliphatic carboxylic acids is 1. The zero-order chi connectivity index (χ0) is 15.5. The first-order valence-corrected chi connectivity index (χ1v) is 6.34. The SMILES string of the molecule is O=C(O)COC1CCN(c2ncc(C(F)(F)F)cn2)CC1. The number of piperidine rings is 1. The summed E-state index contributed by atoms with van der Waals surface area (Å²) in [4.78, 5) is 19.6. The van der Waals surface area contributed by atoms with Crippen LogP contribution in [-0.2, 0) is 15.7 Å². The summed E-state index contributed by atoms with van der Waals surface area (Å²) in [7, 11) is 0. The molecular formula is C12H14F3N3O3. The lowest BCUT2D eigenvalue weighted by atomic mass is 10.1. The Morgan fingerprint density at radius 1 is 1.33 bits per heavy atom. The molecule has 0 atom stereocenters. The van der Waals surface area contributed by atoms with Gasteiger partial charge in [0.15, 0.2) is 0 Å². The number of nitrogens with zero attached hydrogens (tertiary/aromatic N) is 3. The van der Waals surface area contributed by atoms with Gasteiger partial charge in [-0.15, -0.1) is 0 Å². The molecule has 0 aromatic carbocycles. The number of carboxylic acids is 1. The van der Waals surface area contributed by atoms with E-state index in [0.29, 0.717) is 25.9 Å². The predicted molar refractivity (Wildman–Crippen MR) is 65.9 cm³/mol. The highest BCUT2D eigenvalue weighted by molar-refractivity contribution is 5.68. The minimum absolute atomic E-state index is 0.160. The molecule has 116 valence electrons. The topological polar surface area (TPSA) is 75.6 Å². The molecule has 1 aliphatic heterocycles. The number of halogens is 3. The highest BCUT2D eigenvalue weighted by Gasteiger charge is 2.32. The van der Waals surface area contributed by atoms with E-state index in [4.69, 9.17) is 9.84 Å². The highest BCUT2D eigenvalue weighted by atomic mass is 19.4. The van der Waals surface area contributed by atoms with E-state index in [1.54, 1.807) is 4.90 Å². The fourth-order valence-corrected chi connectivity index (χ4v) is 2.04. The summed E-state index contributed by atoms with van der Waals surface area (Å²) < 4.78 is 42.4. The van der Waals surface area contributed by atoms with Crippen LogP contribution in [0.3, 0.4) is 0 Å². The normalized spacial score (nSPS) is 17.0. The number of anilines is 1. The largest absolute Gasteiger partial charge is 0.480 e. The Morgan fingerprint density at radius 3 is 2.38 bits per heavy atom. The Kier molecular flexibility index (Phi) is 4.61. The summed E-state index contributed by atoms with van der Waals surface area (Å²) in [6.45, 7) is 0.673. The van der Waals surface area contributed by atoms with Crippen LogP contribution in [0.15, 0.2) is 12.4 Å². The van der Waals surface area contributed by atoms with Crippen LogP contribution in [0.25, 0.3) is 0 Å². The van der Waals surface area contributed by atoms with Gasteiger partial charge in [-0.1, -0.05) is 0 Å². The van der Waals surface area contributed by atoms with Crippen LogP contribution >= 0.6 is 0 Å². The van der Waals surface area contributed by atoms with E-state index >= 15 is 0 Å². The van der Waals surface area contributed by atoms with E-state index in [-0.39, 0.29) is 18.7 Å². The third kappa shape index (κ3) is 4.28. The van der Waals surface area contributed by atoms with Crippen molar-refractivity contribution in [3.05, 3.63) is 18.0 Å². The van der Waals surface area contributed by atoms with E-state index in [1.165, 1.54) is 0 Å². The van der Waals surface area contributed by atoms with Crippen molar-refractivity contribution in [3.8, 4) is 0 Å². The zero-order valence-corrected chi connectivity index (χ0v) is 11.0. The van der Waals surface area contributed by atoms with Crippen LogP contribution in [0.1, 0.15) is 18.4 Å². The second-order valence-corrected chi connectivity index (χ2v) is 4.66. The monoisotopic (exact) mass is 305 g/mol. The van der Waals surface area contributed by atoms with Crippen LogP contribution < -0.4 is 4.90 Å². The van der Waals surface area contributed by atoms with Gasteiger partial charge >= 0.3 is 12.1 Å². The van der Waals surface area contributed by atoms with Crippen molar-refractivity contribution < 1.29 is 27.8 Å². The number of rotatable bonds is 4. The lowest BCUT2D eigenvalue weighted by Gasteiger charge is -2.31. The molecule has 1 aliphatic rings. The first-order valence-electron chi connectivity index (χ1n) is 6.34. The van der Waals surface area contributed by atoms with Gasteiger partial charge in [0.1, 0.15) is 6.61 Å². The summed E-state index contributed by atoms with van der Waals surface area (Å²) in [6, 6.07) is 0. The molecule has 0 spiro atoms. The van der Waals surface area contributed by atoms with Gasteiger partial charge in [0, 0.05) is 25.5 Å². The van der Waals surface area contributed by atoms with Crippen molar-refractivity contribution in [3.63, 3.8) is 0 Å². The average molecular weight is 305 g/mol. The summed E-state index contributed by atoms with van der Waals surface area (Å²) in [5.41, 5.74) is -0.883. The molecule has 0 radical (unpaired) electrons. The van der Waals surface area contributed by atoms with Crippen molar-refractivity contribution in [1.29, 1.82) is 0 Å². The lowest BCUT2D eigenvalue weighted by Crippen LogP contribution is -2.38. The third-order valence-corrected chi connectivity index (χ3v) is 3.13. The van der Waals surface area contributed by atoms with Gasteiger partial charge in [0.25, 0.3) is 0 Å². The molecule has 0 unspecified atom stereocenters. The van der Waals surface area contributed by atoms with E-state index in [9.17, 15) is 18.0 Å². The van der Waals surface area contributed by atoms with Crippen LogP contribution in [-0.4, -0.2) is 46.8 Å². The quantitative estimate of drug-likeness (QED) is 0.910. The van der Waals surface area contributed by atoms with Gasteiger partial charge < -0.3 is 14.7 Å². The van der Waals surface area contributed by atoms with Crippen molar-refractivity contribution in [2.75, 3.05) is 24.6 Å². The minimum Gasteiger partial charge on any atom is -0.480 e. The summed E-state index contributed by atoms with van der Waals surface area (Å²) in [6.07, 6.45) is -1.93. The Morgan fingerprint density at radius 2 is 1.90 bits per heavy atom. The summed E-state index contributed by atoms with van der Waals surface area (Å²) in [5, 5.41) is 8.52. The molecular weight excluding hydrogens is 291 g/mol. The van der Waals surface area contributed by atoms with Gasteiger partial charge in [-0.3, -0.25) is 0 Å². The van der Waals surface area contributed by atoms with Gasteiger partial charge in [-0.2, -0.15) is 13.2 Å². The predicted octanol–water partition coefficient (Wildman–Crippen LogP) is 1.57. The smallest absolute Gasteiger partial charge is 0.419 e. The molecule has 21 heavy (non-hydrogen) atoms. The molecule has 0 saturated carbocycles. The Bertz CT molecular complexity index is 485. The lowest BCUT2D eigenvalue weighted by molar-refractivity contribution is -0.144. The Labute approximate surface area is 118 Å². The standard InChI is InChI=1S/C12H14F3N3O3/c13-12(14,15)8-5-16-11(17-6-8)18-3-1-9(2-4-18)21-7-10(19)20/h5-6,9H,1-4,7H2,(H,19,20). The van der Waals surface area contributed by atoms with Gasteiger partial charge in [0.2, 0.25) is 5.95 Å². The maximum Gasteiger partial charge on any atom is 0.419 e. The van der Waals surface area contributed by atoms with Crippen LogP contribution in [0, 0.1) is 0 Å². The molecule has 1 fully saturated rings. The average Bonchev–Trinajstić information content (AvgIpc) is 2.45. The van der Waals surface area contributed by atoms with Crippen molar-refractivity contribution in [2.45, 2.75) is 25.1 Å². The van der Waals surface area contributed by atoms with Crippen LogP contribution in [0.5, 0.6) is 0 Å². The van der Waals surface area contributed by atoms with Gasteiger partial charge in [0.05, 0.1) is 11.7 Å². The molecule has 0 aliphatic carbocycles. The summed E-state index contributed by atoms with van der Waals surface area (Å²) in [5.74, 6) is -0.789. The third-order valence-electron chi connectivity index (χ3n) is 3.13. The molecule has 9 heteroatoms. The van der Waals surface area contributed by atoms with E-state index in [1.807, 2.05) is 0 Å². The number of alkyl halides is 3. The molecule has 1 N–H and O–H groups in total. The maximum absolute atomic E-state index is 12.4. The zero-order valence-electron chi connectivity index (χ0n) is 11.0. The number of carboxylic acid groups (broad SMARTS) is 1. The fourth-order valence-electron chi connectivity index (χ4n) is 2.04. The van der Waals surface area contributed by atoms with E-state index < -0.39 is 17.7 Å². The fraction of sp³-hybridized carbons (Fsp3) is 0.583. The molecule has 1 saturated heterocycles. The number of hydrogen-bond acceptors (Lipinski definition) is 5. The molecule has 1 aromatic heterocycles. The molecule has 6 nitrogen and oxygen atoms in total. The minimum atomic E-state index is -4.45. The maximum atomic E-state index is 12.4. The number of ether oxygens (including phenoxy) is 1. The van der Waals surface area contributed by atoms with Gasteiger partial charge in [-0.05, 0) is 12.8 Å². The number of hydrogen-bond donors (Lipinski definition) is 1. The Hall–Kier alpha value is -1.90. The van der Waals surface area contributed by atoms with Crippen molar-refractivity contribution in [1.82, 2.24) is 9.97 Å². The summed E-state index contributed by atoms with van der Waals surface area (Å²) >= 11 is 0. The Balaban J connectivity index is 1.89. The molecule has 0 amide bonds. The molecule has 2 heterocycles. The second kappa shape index (κ2) is 6.25. The van der Waals surface area contributed by atoms with Crippen molar-refractivity contribution in [2.24, 2.45) is 0 Å². The van der Waals surface area contributed by atoms with E-state index in [0.717, 1.165) is 12.4 Å². The first-order chi connectivity index (χ1) is 9.86. The van der Waals surface area contributed by atoms with Gasteiger partial charge in [-0.25, -0.2) is 14.8 Å². The van der Waals surface area contributed by atoms with E-state index in [2.05, 4.69) is 9.97 Å². The van der Waals surface area contributed by atoms with Crippen molar-refractivity contribution >= 4 is 11.9 Å². The van der Waals surface area contributed by atoms with Crippen LogP contribution in [0.2, 0.25) is 0 Å². The number of aromatic nitrogens is 2. The molecule has 2 rings (SSSR count). The second-order valence-electron chi connectivity index (χ2n) is 4.66. The molecule has 0 bridgehead atoms. The number of carbonyl (C=O) groups is 1. The first kappa shape index (κ1) is 15.5. The van der Waals surface area contributed by atoms with Crippen LogP contribution in [0.4, 0.5) is 19.1 Å². The molecule has 1 aromatic rings.